The Morgan fingerprint density at radius 1 is 1.62 bits per heavy atom. The SMILES string of the molecule is [O-][n+]1cccnc1CN1C[CH]CC1. The topological polar surface area (TPSA) is 43.1 Å². The van der Waals surface area contributed by atoms with Crippen molar-refractivity contribution in [1.29, 1.82) is 0 Å². The molecule has 4 heteroatoms. The first-order chi connectivity index (χ1) is 6.36. The van der Waals surface area contributed by atoms with E-state index in [1.54, 1.807) is 12.3 Å². The molecule has 1 saturated heterocycles. The molecule has 1 fully saturated rings. The standard InChI is InChI=1S/C9H12N3O/c13-12-7-3-4-10-9(12)8-11-5-1-2-6-11/h1,3-4,7H,2,5-6,8H2. The van der Waals surface area contributed by atoms with E-state index in [1.807, 2.05) is 0 Å². The molecular weight excluding hydrogens is 166 g/mol. The number of likely N-dealkylation sites (tertiary alicyclic amines) is 1. The first-order valence-corrected chi connectivity index (χ1v) is 4.43. The van der Waals surface area contributed by atoms with E-state index >= 15 is 0 Å². The van der Waals surface area contributed by atoms with Gasteiger partial charge < -0.3 is 5.21 Å². The van der Waals surface area contributed by atoms with Gasteiger partial charge in [0, 0.05) is 12.6 Å². The molecule has 2 rings (SSSR count). The minimum Gasteiger partial charge on any atom is -0.711 e. The quantitative estimate of drug-likeness (QED) is 0.477. The fourth-order valence-corrected chi connectivity index (χ4v) is 1.48. The number of hydrogen-bond donors (Lipinski definition) is 0. The molecule has 1 aromatic rings. The highest BCUT2D eigenvalue weighted by atomic mass is 16.5. The molecule has 0 unspecified atom stereocenters. The number of hydrogen-bond acceptors (Lipinski definition) is 3. The maximum Gasteiger partial charge on any atom is 0.315 e. The summed E-state index contributed by atoms with van der Waals surface area (Å²) in [5.74, 6) is 0.581. The van der Waals surface area contributed by atoms with Gasteiger partial charge in [0.25, 0.3) is 0 Å². The second-order valence-electron chi connectivity index (χ2n) is 3.17. The molecule has 69 valence electrons. The van der Waals surface area contributed by atoms with Gasteiger partial charge in [-0.1, -0.05) is 4.98 Å². The van der Waals surface area contributed by atoms with Crippen LogP contribution >= 0.6 is 0 Å². The van der Waals surface area contributed by atoms with Gasteiger partial charge in [-0.2, -0.15) is 0 Å². The lowest BCUT2D eigenvalue weighted by Crippen LogP contribution is -2.36. The lowest BCUT2D eigenvalue weighted by Gasteiger charge is -2.12. The monoisotopic (exact) mass is 178 g/mol. The summed E-state index contributed by atoms with van der Waals surface area (Å²) in [6.07, 6.45) is 6.48. The maximum absolute atomic E-state index is 11.2. The van der Waals surface area contributed by atoms with Gasteiger partial charge in [-0.15, -0.1) is 0 Å². The van der Waals surface area contributed by atoms with E-state index in [2.05, 4.69) is 16.3 Å². The summed E-state index contributed by atoms with van der Waals surface area (Å²) < 4.78 is 0.832. The summed E-state index contributed by atoms with van der Waals surface area (Å²) in [6.45, 7) is 2.66. The summed E-state index contributed by atoms with van der Waals surface area (Å²) >= 11 is 0. The molecule has 1 aliphatic rings. The molecule has 0 amide bonds. The fraction of sp³-hybridized carbons (Fsp3) is 0.444. The Balaban J connectivity index is 2.04. The van der Waals surface area contributed by atoms with Crippen molar-refractivity contribution in [2.24, 2.45) is 0 Å². The van der Waals surface area contributed by atoms with Crippen molar-refractivity contribution in [1.82, 2.24) is 9.88 Å². The zero-order valence-corrected chi connectivity index (χ0v) is 7.39. The van der Waals surface area contributed by atoms with Crippen LogP contribution in [0.25, 0.3) is 0 Å². The van der Waals surface area contributed by atoms with Crippen LogP contribution in [0.4, 0.5) is 0 Å². The largest absolute Gasteiger partial charge is 0.711 e. The smallest absolute Gasteiger partial charge is 0.315 e. The van der Waals surface area contributed by atoms with Crippen molar-refractivity contribution < 1.29 is 4.73 Å². The molecule has 4 nitrogen and oxygen atoms in total. The summed E-state index contributed by atoms with van der Waals surface area (Å²) in [5.41, 5.74) is 0. The Kier molecular flexibility index (Phi) is 2.40. The van der Waals surface area contributed by atoms with E-state index in [1.165, 1.54) is 6.20 Å². The van der Waals surface area contributed by atoms with Crippen LogP contribution in [0.3, 0.4) is 0 Å². The second-order valence-corrected chi connectivity index (χ2v) is 3.17. The van der Waals surface area contributed by atoms with E-state index in [4.69, 9.17) is 0 Å². The number of nitrogens with zero attached hydrogens (tertiary/aromatic N) is 3. The Labute approximate surface area is 77.4 Å². The normalized spacial score (nSPS) is 17.8. The van der Waals surface area contributed by atoms with Crippen LogP contribution in [-0.4, -0.2) is 23.0 Å². The van der Waals surface area contributed by atoms with Crippen LogP contribution in [0.2, 0.25) is 0 Å². The van der Waals surface area contributed by atoms with E-state index in [9.17, 15) is 5.21 Å². The third kappa shape index (κ3) is 1.95. The molecule has 0 atom stereocenters. The maximum atomic E-state index is 11.2. The molecule has 13 heavy (non-hydrogen) atoms. The summed E-state index contributed by atoms with van der Waals surface area (Å²) in [4.78, 5) is 6.24. The van der Waals surface area contributed by atoms with Crippen molar-refractivity contribution in [3.8, 4) is 0 Å². The lowest BCUT2D eigenvalue weighted by atomic mass is 10.4. The fourth-order valence-electron chi connectivity index (χ4n) is 1.48. The molecular formula is C9H12N3O. The van der Waals surface area contributed by atoms with Crippen LogP contribution < -0.4 is 4.73 Å². The van der Waals surface area contributed by atoms with Gasteiger partial charge in [-0.05, 0) is 19.4 Å². The van der Waals surface area contributed by atoms with Crippen LogP contribution in [0.5, 0.6) is 0 Å². The Hall–Kier alpha value is -1.16. The molecule has 1 radical (unpaired) electrons. The van der Waals surface area contributed by atoms with Gasteiger partial charge in [0.05, 0.1) is 6.20 Å². The molecule has 0 spiro atoms. The van der Waals surface area contributed by atoms with Crippen molar-refractivity contribution in [3.63, 3.8) is 0 Å². The predicted octanol–water partition coefficient (Wildman–Crippen LogP) is 0.125. The van der Waals surface area contributed by atoms with Crippen molar-refractivity contribution >= 4 is 0 Å². The van der Waals surface area contributed by atoms with Crippen LogP contribution in [0.15, 0.2) is 18.5 Å². The Morgan fingerprint density at radius 3 is 3.23 bits per heavy atom. The first kappa shape index (κ1) is 8.44. The second kappa shape index (κ2) is 3.70. The summed E-state index contributed by atoms with van der Waals surface area (Å²) in [5, 5.41) is 11.2. The minimum absolute atomic E-state index is 0.581. The molecule has 1 aromatic heterocycles. The van der Waals surface area contributed by atoms with Gasteiger partial charge in [0.15, 0.2) is 0 Å². The number of rotatable bonds is 2. The minimum atomic E-state index is 0.581. The Morgan fingerprint density at radius 2 is 2.54 bits per heavy atom. The van der Waals surface area contributed by atoms with E-state index in [0.717, 1.165) is 24.2 Å². The van der Waals surface area contributed by atoms with Crippen molar-refractivity contribution in [2.45, 2.75) is 13.0 Å². The van der Waals surface area contributed by atoms with E-state index < -0.39 is 0 Å². The van der Waals surface area contributed by atoms with Crippen LogP contribution in [0, 0.1) is 11.6 Å². The van der Waals surface area contributed by atoms with Gasteiger partial charge >= 0.3 is 5.82 Å². The van der Waals surface area contributed by atoms with Crippen molar-refractivity contribution in [3.05, 3.63) is 35.9 Å². The molecule has 0 bridgehead atoms. The van der Waals surface area contributed by atoms with Crippen LogP contribution in [0.1, 0.15) is 12.2 Å². The molecule has 0 aromatic carbocycles. The van der Waals surface area contributed by atoms with Gasteiger partial charge in [0.2, 0.25) is 0 Å². The average Bonchev–Trinajstić information content (AvgIpc) is 2.61. The Bertz CT molecular complexity index is 284. The zero-order valence-electron chi connectivity index (χ0n) is 7.39. The van der Waals surface area contributed by atoms with Gasteiger partial charge in [-0.25, -0.2) is 4.73 Å². The lowest BCUT2D eigenvalue weighted by molar-refractivity contribution is -0.619. The third-order valence-electron chi connectivity index (χ3n) is 2.19. The molecule has 0 N–H and O–H groups in total. The van der Waals surface area contributed by atoms with E-state index in [0.29, 0.717) is 12.4 Å². The zero-order chi connectivity index (χ0) is 9.10. The third-order valence-corrected chi connectivity index (χ3v) is 2.19. The highest BCUT2D eigenvalue weighted by Gasteiger charge is 2.16. The highest BCUT2D eigenvalue weighted by Crippen LogP contribution is 2.07. The highest BCUT2D eigenvalue weighted by molar-refractivity contribution is 4.86. The molecule has 0 aliphatic carbocycles. The predicted molar refractivity (Wildman–Crippen MR) is 47.4 cm³/mol. The number of aromatic nitrogens is 2. The summed E-state index contributed by atoms with van der Waals surface area (Å²) in [6, 6.07) is 1.65. The van der Waals surface area contributed by atoms with Gasteiger partial charge in [-0.3, -0.25) is 4.90 Å². The molecule has 0 saturated carbocycles. The average molecular weight is 178 g/mol. The molecule has 2 heterocycles. The summed E-state index contributed by atoms with van der Waals surface area (Å²) in [7, 11) is 0. The van der Waals surface area contributed by atoms with Crippen molar-refractivity contribution in [2.75, 3.05) is 13.1 Å². The van der Waals surface area contributed by atoms with Crippen LogP contribution in [-0.2, 0) is 6.54 Å². The molecule has 1 aliphatic heterocycles. The van der Waals surface area contributed by atoms with E-state index in [-0.39, 0.29) is 0 Å². The first-order valence-electron chi connectivity index (χ1n) is 4.43. The van der Waals surface area contributed by atoms with Gasteiger partial charge in [0.1, 0.15) is 12.7 Å².